The summed E-state index contributed by atoms with van der Waals surface area (Å²) < 4.78 is 41.8. The molecule has 2 bridgehead atoms. The molecular weight excluding hydrogens is 452 g/mol. The fourth-order valence-corrected chi connectivity index (χ4v) is 6.44. The van der Waals surface area contributed by atoms with E-state index in [0.29, 0.717) is 6.61 Å². The smallest absolute Gasteiger partial charge is 0.163 e. The molecule has 2 fully saturated rings. The normalized spacial score (nSPS) is 39.4. The number of ether oxygens (including phenoxy) is 7. The van der Waals surface area contributed by atoms with Crippen LogP contribution in [0.1, 0.15) is 32.8 Å². The lowest BCUT2D eigenvalue weighted by atomic mass is 9.47. The third-order valence-electron chi connectivity index (χ3n) is 8.21. The Labute approximate surface area is 208 Å². The van der Waals surface area contributed by atoms with E-state index >= 15 is 0 Å². The molecule has 0 unspecified atom stereocenters. The molecule has 1 saturated carbocycles. The van der Waals surface area contributed by atoms with Crippen molar-refractivity contribution < 1.29 is 38.3 Å². The maximum Gasteiger partial charge on any atom is 0.163 e. The molecule has 1 saturated heterocycles. The summed E-state index contributed by atoms with van der Waals surface area (Å²) in [4.78, 5) is 0. The zero-order valence-corrected chi connectivity index (χ0v) is 21.9. The van der Waals surface area contributed by atoms with E-state index in [-0.39, 0.29) is 30.1 Å². The van der Waals surface area contributed by atoms with Crippen molar-refractivity contribution in [2.24, 2.45) is 17.3 Å². The van der Waals surface area contributed by atoms with Crippen molar-refractivity contribution in [3.05, 3.63) is 41.5 Å². The largest absolute Gasteiger partial charge is 0.497 e. The fourth-order valence-electron chi connectivity index (χ4n) is 6.44. The Kier molecular flexibility index (Phi) is 7.93. The molecule has 0 spiro atoms. The van der Waals surface area contributed by atoms with Gasteiger partial charge in [0.05, 0.1) is 19.8 Å². The lowest BCUT2D eigenvalue weighted by Crippen LogP contribution is -2.70. The van der Waals surface area contributed by atoms with Crippen LogP contribution in [0.3, 0.4) is 0 Å². The molecule has 3 aliphatic rings. The maximum absolute atomic E-state index is 11.7. The van der Waals surface area contributed by atoms with Crippen LogP contribution in [-0.4, -0.2) is 76.6 Å². The Morgan fingerprint density at radius 3 is 2.31 bits per heavy atom. The van der Waals surface area contributed by atoms with Gasteiger partial charge >= 0.3 is 0 Å². The summed E-state index contributed by atoms with van der Waals surface area (Å²) in [7, 11) is 6.54. The average Bonchev–Trinajstić information content (AvgIpc) is 3.14. The van der Waals surface area contributed by atoms with Gasteiger partial charge in [0.25, 0.3) is 0 Å². The highest BCUT2D eigenvalue weighted by Gasteiger charge is 2.76. The molecule has 1 aromatic rings. The Morgan fingerprint density at radius 2 is 1.74 bits per heavy atom. The SMILES string of the molecule is COCO[C@H]1[C@@H]2[C@@H](OC)O[C@]3([C@H](OCc4ccc(OC)cc4)[C@@H](O)/C(C)=C\[C@@H]1OC)[C@H]2CC3(C)C. The van der Waals surface area contributed by atoms with Crippen molar-refractivity contribution in [2.45, 2.75) is 70.1 Å². The second kappa shape index (κ2) is 10.5. The van der Waals surface area contributed by atoms with Crippen molar-refractivity contribution >= 4 is 0 Å². The van der Waals surface area contributed by atoms with Crippen LogP contribution in [-0.2, 0) is 35.0 Å². The van der Waals surface area contributed by atoms with Gasteiger partial charge in [-0.3, -0.25) is 0 Å². The summed E-state index contributed by atoms with van der Waals surface area (Å²) in [6.45, 7) is 6.69. The molecule has 8 heteroatoms. The maximum atomic E-state index is 11.7. The second-order valence-corrected chi connectivity index (χ2v) is 10.5. The van der Waals surface area contributed by atoms with Crippen molar-refractivity contribution in [1.29, 1.82) is 0 Å². The number of aliphatic hydroxyl groups is 1. The highest BCUT2D eigenvalue weighted by atomic mass is 16.7. The molecule has 8 atom stereocenters. The van der Waals surface area contributed by atoms with Crippen LogP contribution in [0.4, 0.5) is 0 Å². The van der Waals surface area contributed by atoms with E-state index in [1.54, 1.807) is 28.4 Å². The monoisotopic (exact) mass is 492 g/mol. The van der Waals surface area contributed by atoms with Gasteiger partial charge in [0.15, 0.2) is 6.29 Å². The van der Waals surface area contributed by atoms with E-state index in [9.17, 15) is 5.11 Å². The Hall–Kier alpha value is -1.52. The second-order valence-electron chi connectivity index (χ2n) is 10.5. The Bertz CT molecular complexity index is 884. The topological polar surface area (TPSA) is 84.8 Å². The minimum Gasteiger partial charge on any atom is -0.497 e. The molecule has 4 rings (SSSR count). The predicted octanol–water partition coefficient (Wildman–Crippen LogP) is 3.31. The van der Waals surface area contributed by atoms with E-state index in [2.05, 4.69) is 13.8 Å². The van der Waals surface area contributed by atoms with E-state index in [1.165, 1.54) is 0 Å². The lowest BCUT2D eigenvalue weighted by molar-refractivity contribution is -0.298. The predicted molar refractivity (Wildman–Crippen MR) is 129 cm³/mol. The third-order valence-corrected chi connectivity index (χ3v) is 8.21. The summed E-state index contributed by atoms with van der Waals surface area (Å²) in [5.74, 6) is 0.692. The first-order valence-electron chi connectivity index (χ1n) is 12.2. The van der Waals surface area contributed by atoms with Gasteiger partial charge in [0.2, 0.25) is 0 Å². The van der Waals surface area contributed by atoms with Crippen molar-refractivity contribution in [3.8, 4) is 5.75 Å². The highest BCUT2D eigenvalue weighted by Crippen LogP contribution is 2.68. The highest BCUT2D eigenvalue weighted by molar-refractivity contribution is 5.29. The fraction of sp³-hybridized carbons (Fsp3) is 0.704. The average molecular weight is 493 g/mol. The van der Waals surface area contributed by atoms with Crippen molar-refractivity contribution in [1.82, 2.24) is 0 Å². The van der Waals surface area contributed by atoms with Crippen LogP contribution in [0.15, 0.2) is 35.9 Å². The molecule has 0 aromatic heterocycles. The summed E-state index contributed by atoms with van der Waals surface area (Å²) >= 11 is 0. The number of aliphatic hydroxyl groups excluding tert-OH is 1. The quantitative estimate of drug-likeness (QED) is 0.415. The molecule has 1 N–H and O–H groups in total. The van der Waals surface area contributed by atoms with Gasteiger partial charge in [-0.05, 0) is 42.0 Å². The molecule has 1 heterocycles. The van der Waals surface area contributed by atoms with Crippen LogP contribution < -0.4 is 4.74 Å². The first-order valence-corrected chi connectivity index (χ1v) is 12.2. The molecule has 2 aliphatic carbocycles. The zero-order chi connectivity index (χ0) is 25.4. The van der Waals surface area contributed by atoms with Crippen LogP contribution in [0.2, 0.25) is 0 Å². The first-order chi connectivity index (χ1) is 16.7. The molecule has 35 heavy (non-hydrogen) atoms. The van der Waals surface area contributed by atoms with Gasteiger partial charge in [0, 0.05) is 33.2 Å². The Balaban J connectivity index is 1.75. The number of benzene rings is 1. The standard InChI is InChI=1S/C27H40O8/c1-16-12-20(31-6)23(34-15-29-4)21-19-13-26(2,3)27(19,35-25(21)32-7)24(22(16)28)33-14-17-8-10-18(30-5)11-9-17/h8-12,19-25,28H,13-15H2,1-7H3/b16-12-/t19-,20-,21+,22-,23+,24+,25-,27-/m0/s1. The van der Waals surface area contributed by atoms with Crippen LogP contribution in [0.5, 0.6) is 5.75 Å². The molecular formula is C27H40O8. The van der Waals surface area contributed by atoms with E-state index in [0.717, 1.165) is 23.3 Å². The number of methoxy groups -OCH3 is 4. The van der Waals surface area contributed by atoms with Gasteiger partial charge in [-0.25, -0.2) is 0 Å². The van der Waals surface area contributed by atoms with Crippen LogP contribution in [0, 0.1) is 17.3 Å². The van der Waals surface area contributed by atoms with Gasteiger partial charge in [-0.15, -0.1) is 0 Å². The molecule has 8 nitrogen and oxygen atoms in total. The zero-order valence-electron chi connectivity index (χ0n) is 21.9. The van der Waals surface area contributed by atoms with Gasteiger partial charge in [-0.2, -0.15) is 0 Å². The minimum atomic E-state index is -0.898. The van der Waals surface area contributed by atoms with Crippen LogP contribution in [0.25, 0.3) is 0 Å². The molecule has 1 aliphatic heterocycles. The number of hydrogen-bond acceptors (Lipinski definition) is 8. The van der Waals surface area contributed by atoms with Gasteiger partial charge < -0.3 is 38.3 Å². The number of rotatable bonds is 9. The molecule has 1 aromatic carbocycles. The molecule has 0 amide bonds. The van der Waals surface area contributed by atoms with E-state index in [4.69, 9.17) is 33.2 Å². The van der Waals surface area contributed by atoms with Gasteiger partial charge in [0.1, 0.15) is 36.5 Å². The van der Waals surface area contributed by atoms with E-state index < -0.39 is 30.2 Å². The van der Waals surface area contributed by atoms with E-state index in [1.807, 2.05) is 37.3 Å². The van der Waals surface area contributed by atoms with Crippen molar-refractivity contribution in [2.75, 3.05) is 35.2 Å². The number of hydrogen-bond donors (Lipinski definition) is 1. The summed E-state index contributed by atoms with van der Waals surface area (Å²) in [5.41, 5.74) is 0.715. The minimum absolute atomic E-state index is 0.0387. The van der Waals surface area contributed by atoms with Crippen LogP contribution >= 0.6 is 0 Å². The summed E-state index contributed by atoms with van der Waals surface area (Å²) in [5, 5.41) is 11.7. The first kappa shape index (κ1) is 26.5. The summed E-state index contributed by atoms with van der Waals surface area (Å²) in [6.07, 6.45) is -0.0183. The molecule has 0 radical (unpaired) electrons. The third kappa shape index (κ3) is 4.44. The lowest BCUT2D eigenvalue weighted by Gasteiger charge is -2.62. The summed E-state index contributed by atoms with van der Waals surface area (Å²) in [6, 6.07) is 7.75. The Morgan fingerprint density at radius 1 is 1.03 bits per heavy atom. The van der Waals surface area contributed by atoms with Gasteiger partial charge in [-0.1, -0.05) is 32.1 Å². The van der Waals surface area contributed by atoms with Crippen molar-refractivity contribution in [3.63, 3.8) is 0 Å². The molecule has 196 valence electrons.